The molecule has 0 amide bonds. The molecule has 5 nitrogen and oxygen atoms in total. The van der Waals surface area contributed by atoms with Crippen LogP contribution in [-0.4, -0.2) is 62.5 Å². The molecule has 0 saturated heterocycles. The third-order valence-electron chi connectivity index (χ3n) is 2.28. The van der Waals surface area contributed by atoms with Gasteiger partial charge in [0, 0.05) is 33.9 Å². The predicted octanol–water partition coefficient (Wildman–Crippen LogP) is 0.444. The van der Waals surface area contributed by atoms with E-state index in [-0.39, 0.29) is 0 Å². The smallest absolute Gasteiger partial charge is 0.320 e. The third kappa shape index (κ3) is 6.43. The number of hydrogen-bond acceptors (Lipinski definition) is 4. The molecule has 0 aliphatic heterocycles. The highest BCUT2D eigenvalue weighted by molar-refractivity contribution is 5.72. The van der Waals surface area contributed by atoms with Crippen LogP contribution in [0.2, 0.25) is 0 Å². The number of hydrogen-bond donors (Lipinski definition) is 1. The molecule has 0 heterocycles. The van der Waals surface area contributed by atoms with Gasteiger partial charge in [-0.1, -0.05) is 0 Å². The average molecular weight is 219 g/mol. The second-order valence-electron chi connectivity index (χ2n) is 3.39. The van der Waals surface area contributed by atoms with E-state index >= 15 is 0 Å². The number of carbonyl (C=O) groups is 1. The summed E-state index contributed by atoms with van der Waals surface area (Å²) in [6.45, 7) is 4.23. The molecule has 5 heteroatoms. The number of carboxylic acids is 1. The summed E-state index contributed by atoms with van der Waals surface area (Å²) in [5, 5.41) is 8.89. The van der Waals surface area contributed by atoms with Crippen LogP contribution in [0.3, 0.4) is 0 Å². The molecule has 0 bridgehead atoms. The van der Waals surface area contributed by atoms with E-state index in [1.165, 1.54) is 0 Å². The molecule has 0 rings (SSSR count). The number of nitrogens with zero attached hydrogens (tertiary/aromatic N) is 1. The quantitative estimate of drug-likeness (QED) is 0.570. The van der Waals surface area contributed by atoms with E-state index in [0.717, 1.165) is 6.42 Å². The summed E-state index contributed by atoms with van der Waals surface area (Å²) in [4.78, 5) is 12.7. The molecule has 90 valence electrons. The summed E-state index contributed by atoms with van der Waals surface area (Å²) in [7, 11) is 3.25. The standard InChI is InChI=1S/C10H21NO4/c1-9(10(12)13)11(6-8-15-3)5-4-7-14-2/h9H,4-8H2,1-3H3,(H,12,13). The van der Waals surface area contributed by atoms with E-state index in [4.69, 9.17) is 14.6 Å². The van der Waals surface area contributed by atoms with E-state index in [0.29, 0.717) is 26.3 Å². The minimum atomic E-state index is -0.802. The zero-order valence-electron chi connectivity index (χ0n) is 9.73. The first-order chi connectivity index (χ1) is 7.13. The van der Waals surface area contributed by atoms with Crippen LogP contribution in [0.15, 0.2) is 0 Å². The van der Waals surface area contributed by atoms with Crippen LogP contribution in [0.25, 0.3) is 0 Å². The van der Waals surface area contributed by atoms with E-state index in [2.05, 4.69) is 0 Å². The first kappa shape index (κ1) is 14.3. The molecule has 0 aromatic carbocycles. The monoisotopic (exact) mass is 219 g/mol. The number of rotatable bonds is 9. The third-order valence-corrected chi connectivity index (χ3v) is 2.28. The Hall–Kier alpha value is -0.650. The van der Waals surface area contributed by atoms with Crippen LogP contribution in [0.4, 0.5) is 0 Å². The van der Waals surface area contributed by atoms with Crippen molar-refractivity contribution in [2.75, 3.05) is 40.5 Å². The van der Waals surface area contributed by atoms with Gasteiger partial charge in [0.15, 0.2) is 0 Å². The maximum absolute atomic E-state index is 10.8. The maximum Gasteiger partial charge on any atom is 0.320 e. The molecule has 15 heavy (non-hydrogen) atoms. The van der Waals surface area contributed by atoms with Crippen molar-refractivity contribution < 1.29 is 19.4 Å². The lowest BCUT2D eigenvalue weighted by Crippen LogP contribution is -2.41. The van der Waals surface area contributed by atoms with Gasteiger partial charge in [-0.05, 0) is 13.3 Å². The molecule has 1 unspecified atom stereocenters. The van der Waals surface area contributed by atoms with Crippen molar-refractivity contribution in [3.8, 4) is 0 Å². The van der Waals surface area contributed by atoms with Gasteiger partial charge in [0.1, 0.15) is 6.04 Å². The normalized spacial score (nSPS) is 13.1. The molecule has 0 spiro atoms. The molecule has 0 radical (unpaired) electrons. The SMILES string of the molecule is COCCCN(CCOC)C(C)C(=O)O. The molecule has 0 aromatic rings. The average Bonchev–Trinajstić information content (AvgIpc) is 2.22. The van der Waals surface area contributed by atoms with E-state index in [1.54, 1.807) is 21.1 Å². The lowest BCUT2D eigenvalue weighted by molar-refractivity contribution is -0.142. The van der Waals surface area contributed by atoms with Crippen LogP contribution < -0.4 is 0 Å². The van der Waals surface area contributed by atoms with Crippen LogP contribution in [0.1, 0.15) is 13.3 Å². The number of ether oxygens (including phenoxy) is 2. The van der Waals surface area contributed by atoms with Crippen molar-refractivity contribution in [2.45, 2.75) is 19.4 Å². The fraction of sp³-hybridized carbons (Fsp3) is 0.900. The summed E-state index contributed by atoms with van der Waals surface area (Å²) >= 11 is 0. The van der Waals surface area contributed by atoms with Gasteiger partial charge in [-0.15, -0.1) is 0 Å². The molecule has 0 aliphatic carbocycles. The second kappa shape index (κ2) is 8.64. The largest absolute Gasteiger partial charge is 0.480 e. The summed E-state index contributed by atoms with van der Waals surface area (Å²) in [5.41, 5.74) is 0. The van der Waals surface area contributed by atoms with Gasteiger partial charge in [-0.25, -0.2) is 0 Å². The molecule has 0 aliphatic rings. The van der Waals surface area contributed by atoms with Crippen LogP contribution in [0.5, 0.6) is 0 Å². The first-order valence-electron chi connectivity index (χ1n) is 5.08. The van der Waals surface area contributed by atoms with Gasteiger partial charge in [0.05, 0.1) is 6.61 Å². The number of carboxylic acid groups (broad SMARTS) is 1. The summed E-state index contributed by atoms with van der Waals surface area (Å²) in [6.07, 6.45) is 0.831. The Balaban J connectivity index is 3.99. The van der Waals surface area contributed by atoms with Crippen LogP contribution in [-0.2, 0) is 14.3 Å². The number of methoxy groups -OCH3 is 2. The predicted molar refractivity (Wildman–Crippen MR) is 57.0 cm³/mol. The van der Waals surface area contributed by atoms with Crippen molar-refractivity contribution >= 4 is 5.97 Å². The van der Waals surface area contributed by atoms with Crippen molar-refractivity contribution in [1.29, 1.82) is 0 Å². The van der Waals surface area contributed by atoms with Gasteiger partial charge in [-0.3, -0.25) is 9.69 Å². The Kier molecular flexibility index (Phi) is 8.27. The molecular formula is C10H21NO4. The first-order valence-corrected chi connectivity index (χ1v) is 5.08. The van der Waals surface area contributed by atoms with Crippen molar-refractivity contribution in [2.24, 2.45) is 0 Å². The second-order valence-corrected chi connectivity index (χ2v) is 3.39. The molecule has 1 atom stereocenters. The minimum Gasteiger partial charge on any atom is -0.480 e. The van der Waals surface area contributed by atoms with Gasteiger partial charge >= 0.3 is 5.97 Å². The van der Waals surface area contributed by atoms with Crippen molar-refractivity contribution in [3.05, 3.63) is 0 Å². The Bertz CT molecular complexity index is 175. The summed E-state index contributed by atoms with van der Waals surface area (Å²) in [6, 6.07) is -0.475. The fourth-order valence-corrected chi connectivity index (χ4v) is 1.28. The molecule has 0 saturated carbocycles. The fourth-order valence-electron chi connectivity index (χ4n) is 1.28. The van der Waals surface area contributed by atoms with Crippen molar-refractivity contribution in [3.63, 3.8) is 0 Å². The Labute approximate surface area is 91.0 Å². The topological polar surface area (TPSA) is 59.0 Å². The highest BCUT2D eigenvalue weighted by Crippen LogP contribution is 2.01. The van der Waals surface area contributed by atoms with Crippen LogP contribution >= 0.6 is 0 Å². The molecule has 0 aromatic heterocycles. The molecule has 0 fully saturated rings. The Morgan fingerprint density at radius 3 is 2.33 bits per heavy atom. The van der Waals surface area contributed by atoms with Gasteiger partial charge in [-0.2, -0.15) is 0 Å². The lowest BCUT2D eigenvalue weighted by Gasteiger charge is -2.25. The van der Waals surface area contributed by atoms with Gasteiger partial charge in [0.2, 0.25) is 0 Å². The molecule has 1 N–H and O–H groups in total. The lowest BCUT2D eigenvalue weighted by atomic mass is 10.2. The Morgan fingerprint density at radius 1 is 1.27 bits per heavy atom. The van der Waals surface area contributed by atoms with Crippen molar-refractivity contribution in [1.82, 2.24) is 4.90 Å². The Morgan fingerprint density at radius 2 is 1.87 bits per heavy atom. The van der Waals surface area contributed by atoms with Gasteiger partial charge in [0.25, 0.3) is 0 Å². The van der Waals surface area contributed by atoms with E-state index in [1.807, 2.05) is 4.90 Å². The van der Waals surface area contributed by atoms with Crippen LogP contribution in [0, 0.1) is 0 Å². The van der Waals surface area contributed by atoms with Gasteiger partial charge < -0.3 is 14.6 Å². The summed E-state index contributed by atoms with van der Waals surface area (Å²) in [5.74, 6) is -0.802. The zero-order valence-corrected chi connectivity index (χ0v) is 9.73. The van der Waals surface area contributed by atoms with E-state index < -0.39 is 12.0 Å². The maximum atomic E-state index is 10.8. The zero-order chi connectivity index (χ0) is 11.7. The summed E-state index contributed by atoms with van der Waals surface area (Å²) < 4.78 is 9.87. The van der Waals surface area contributed by atoms with E-state index in [9.17, 15) is 4.79 Å². The highest BCUT2D eigenvalue weighted by atomic mass is 16.5. The highest BCUT2D eigenvalue weighted by Gasteiger charge is 2.19. The number of aliphatic carboxylic acids is 1. The minimum absolute atomic E-state index is 0.475. The molecular weight excluding hydrogens is 198 g/mol.